The van der Waals surface area contributed by atoms with Crippen LogP contribution in [0.5, 0.6) is 0 Å². The fourth-order valence-corrected chi connectivity index (χ4v) is 1.74. The molecule has 0 saturated carbocycles. The van der Waals surface area contributed by atoms with Crippen LogP contribution in [-0.4, -0.2) is 22.5 Å². The van der Waals surface area contributed by atoms with Crippen LogP contribution in [0.4, 0.5) is 5.69 Å². The van der Waals surface area contributed by atoms with Crippen LogP contribution in [0.2, 0.25) is 0 Å². The fraction of sp³-hybridized carbons (Fsp3) is 0.417. The molecular weight excluding hydrogens is 261 g/mol. The monoisotopic (exact) mass is 275 g/mol. The molecule has 0 radical (unpaired) electrons. The quantitative estimate of drug-likeness (QED) is 0.782. The average molecular weight is 276 g/mol. The van der Waals surface area contributed by atoms with Crippen molar-refractivity contribution in [2.24, 2.45) is 0 Å². The minimum atomic E-state index is -0.796. The molecule has 1 aromatic carbocycles. The number of carbonyl (C=O) groups is 1. The van der Waals surface area contributed by atoms with E-state index in [0.717, 1.165) is 11.3 Å². The van der Waals surface area contributed by atoms with E-state index in [1.54, 1.807) is 0 Å². The molecule has 0 amide bonds. The van der Waals surface area contributed by atoms with E-state index in [-0.39, 0.29) is 0 Å². The molecule has 0 bridgehead atoms. The van der Waals surface area contributed by atoms with Gasteiger partial charge in [0.1, 0.15) is 4.84 Å². The molecule has 3 nitrogen and oxygen atoms in total. The molecule has 1 atom stereocenters. The second kappa shape index (κ2) is 6.72. The third-order valence-electron chi connectivity index (χ3n) is 2.48. The van der Waals surface area contributed by atoms with Crippen LogP contribution in [0.25, 0.3) is 0 Å². The van der Waals surface area contributed by atoms with E-state index in [9.17, 15) is 4.79 Å². The second-order valence-corrected chi connectivity index (χ2v) is 4.97. The van der Waals surface area contributed by atoms with Crippen molar-refractivity contribution >= 4 is 34.9 Å². The SMILES string of the molecule is CCC(C(=O)O)c1ccc(NCC(Cl)Cl)cc1. The molecule has 0 spiro atoms. The topological polar surface area (TPSA) is 49.3 Å². The van der Waals surface area contributed by atoms with Crippen LogP contribution in [0.15, 0.2) is 24.3 Å². The maximum absolute atomic E-state index is 11.0. The smallest absolute Gasteiger partial charge is 0.310 e. The summed E-state index contributed by atoms with van der Waals surface area (Å²) < 4.78 is 0. The summed E-state index contributed by atoms with van der Waals surface area (Å²) in [6.45, 7) is 2.31. The molecule has 0 heterocycles. The zero-order valence-corrected chi connectivity index (χ0v) is 11.0. The third kappa shape index (κ3) is 4.44. The average Bonchev–Trinajstić information content (AvgIpc) is 2.28. The van der Waals surface area contributed by atoms with Crippen molar-refractivity contribution in [3.63, 3.8) is 0 Å². The summed E-state index contributed by atoms with van der Waals surface area (Å²) in [5.41, 5.74) is 1.68. The molecule has 0 aliphatic carbocycles. The van der Waals surface area contributed by atoms with Crippen molar-refractivity contribution < 1.29 is 9.90 Å². The molecule has 17 heavy (non-hydrogen) atoms. The molecular formula is C12H15Cl2NO2. The number of rotatable bonds is 6. The first-order valence-corrected chi connectivity index (χ1v) is 6.26. The van der Waals surface area contributed by atoms with Gasteiger partial charge in [-0.15, -0.1) is 23.2 Å². The second-order valence-electron chi connectivity index (χ2n) is 3.69. The summed E-state index contributed by atoms with van der Waals surface area (Å²) in [6.07, 6.45) is 0.577. The first-order chi connectivity index (χ1) is 8.04. The lowest BCUT2D eigenvalue weighted by Gasteiger charge is -2.12. The third-order valence-corrected chi connectivity index (χ3v) is 2.79. The maximum Gasteiger partial charge on any atom is 0.310 e. The van der Waals surface area contributed by atoms with Gasteiger partial charge < -0.3 is 10.4 Å². The zero-order valence-electron chi connectivity index (χ0n) is 9.49. The van der Waals surface area contributed by atoms with E-state index in [1.807, 2.05) is 31.2 Å². The summed E-state index contributed by atoms with van der Waals surface area (Å²) in [6, 6.07) is 7.28. The molecule has 1 unspecified atom stereocenters. The Hall–Kier alpha value is -0.930. The van der Waals surface area contributed by atoms with Crippen LogP contribution in [0.3, 0.4) is 0 Å². The standard InChI is InChI=1S/C12H15Cl2NO2/c1-2-10(12(16)17)8-3-5-9(6-4-8)15-7-11(13)14/h3-6,10-11,15H,2,7H2,1H3,(H,16,17). The lowest BCUT2D eigenvalue weighted by molar-refractivity contribution is -0.138. The van der Waals surface area contributed by atoms with E-state index in [4.69, 9.17) is 28.3 Å². The Morgan fingerprint density at radius 3 is 2.35 bits per heavy atom. The minimum Gasteiger partial charge on any atom is -0.481 e. The largest absolute Gasteiger partial charge is 0.481 e. The van der Waals surface area contributed by atoms with E-state index in [2.05, 4.69) is 5.32 Å². The summed E-state index contributed by atoms with van der Waals surface area (Å²) in [7, 11) is 0. The number of alkyl halides is 2. The number of halogens is 2. The van der Waals surface area contributed by atoms with Crippen molar-refractivity contribution in [3.05, 3.63) is 29.8 Å². The first-order valence-electron chi connectivity index (χ1n) is 5.39. The Balaban J connectivity index is 2.70. The van der Waals surface area contributed by atoms with Gasteiger partial charge in [0.05, 0.1) is 5.92 Å². The first kappa shape index (κ1) is 14.1. The molecule has 1 rings (SSSR count). The number of benzene rings is 1. The summed E-state index contributed by atoms with van der Waals surface area (Å²) in [4.78, 5) is 10.5. The molecule has 0 aromatic heterocycles. The Labute approximate surface area is 111 Å². The molecule has 0 saturated heterocycles. The number of nitrogens with one attached hydrogen (secondary N) is 1. The lowest BCUT2D eigenvalue weighted by atomic mass is 9.96. The lowest BCUT2D eigenvalue weighted by Crippen LogP contribution is -2.11. The molecule has 1 aromatic rings. The molecule has 0 fully saturated rings. The number of aliphatic carboxylic acids is 1. The van der Waals surface area contributed by atoms with Gasteiger partial charge in [-0.05, 0) is 24.1 Å². The molecule has 94 valence electrons. The van der Waals surface area contributed by atoms with E-state index in [1.165, 1.54) is 0 Å². The summed E-state index contributed by atoms with van der Waals surface area (Å²) >= 11 is 11.2. The Bertz CT molecular complexity index is 365. The predicted octanol–water partition coefficient (Wildman–Crippen LogP) is 3.48. The van der Waals surface area contributed by atoms with Crippen LogP contribution in [0.1, 0.15) is 24.8 Å². The molecule has 0 aliphatic rings. The normalized spacial score (nSPS) is 12.5. The van der Waals surface area contributed by atoms with Gasteiger partial charge in [0.2, 0.25) is 0 Å². The van der Waals surface area contributed by atoms with Gasteiger partial charge in [0.25, 0.3) is 0 Å². The Kier molecular flexibility index (Phi) is 5.59. The highest BCUT2D eigenvalue weighted by atomic mass is 35.5. The van der Waals surface area contributed by atoms with Crippen molar-refractivity contribution in [2.45, 2.75) is 24.1 Å². The fourth-order valence-electron chi connectivity index (χ4n) is 1.58. The van der Waals surface area contributed by atoms with Gasteiger partial charge >= 0.3 is 5.97 Å². The van der Waals surface area contributed by atoms with Gasteiger partial charge in [-0.2, -0.15) is 0 Å². The van der Waals surface area contributed by atoms with Gasteiger partial charge in [0, 0.05) is 12.2 Å². The van der Waals surface area contributed by atoms with Gasteiger partial charge in [0.15, 0.2) is 0 Å². The highest BCUT2D eigenvalue weighted by Gasteiger charge is 2.16. The van der Waals surface area contributed by atoms with Gasteiger partial charge in [-0.1, -0.05) is 19.1 Å². The van der Waals surface area contributed by atoms with E-state index < -0.39 is 16.7 Å². The number of hydrogen-bond donors (Lipinski definition) is 2. The molecule has 2 N–H and O–H groups in total. The van der Waals surface area contributed by atoms with Crippen molar-refractivity contribution in [2.75, 3.05) is 11.9 Å². The van der Waals surface area contributed by atoms with Crippen LogP contribution in [0, 0.1) is 0 Å². The molecule has 0 aliphatic heterocycles. The highest BCUT2D eigenvalue weighted by Crippen LogP contribution is 2.21. The predicted molar refractivity (Wildman–Crippen MR) is 71.1 cm³/mol. The van der Waals surface area contributed by atoms with Gasteiger partial charge in [-0.3, -0.25) is 4.79 Å². The van der Waals surface area contributed by atoms with Crippen molar-refractivity contribution in [3.8, 4) is 0 Å². The Morgan fingerprint density at radius 2 is 1.94 bits per heavy atom. The maximum atomic E-state index is 11.0. The van der Waals surface area contributed by atoms with Crippen LogP contribution >= 0.6 is 23.2 Å². The van der Waals surface area contributed by atoms with E-state index in [0.29, 0.717) is 13.0 Å². The summed E-state index contributed by atoms with van der Waals surface area (Å²) in [5, 5.41) is 12.1. The Morgan fingerprint density at radius 1 is 1.35 bits per heavy atom. The van der Waals surface area contributed by atoms with Gasteiger partial charge in [-0.25, -0.2) is 0 Å². The number of carboxylic acid groups (broad SMARTS) is 1. The van der Waals surface area contributed by atoms with Crippen molar-refractivity contribution in [1.82, 2.24) is 0 Å². The van der Waals surface area contributed by atoms with Crippen LogP contribution in [-0.2, 0) is 4.79 Å². The van der Waals surface area contributed by atoms with Crippen LogP contribution < -0.4 is 5.32 Å². The number of hydrogen-bond acceptors (Lipinski definition) is 2. The zero-order chi connectivity index (χ0) is 12.8. The number of carboxylic acids is 1. The molecule has 5 heteroatoms. The highest BCUT2D eigenvalue weighted by molar-refractivity contribution is 6.44. The minimum absolute atomic E-state index is 0.446. The number of anilines is 1. The summed E-state index contributed by atoms with van der Waals surface area (Å²) in [5.74, 6) is -1.24. The van der Waals surface area contributed by atoms with E-state index >= 15 is 0 Å². The van der Waals surface area contributed by atoms with Crippen molar-refractivity contribution in [1.29, 1.82) is 0 Å².